The molecular weight excluding hydrogens is 512 g/mol. The van der Waals surface area contributed by atoms with E-state index in [-0.39, 0.29) is 18.3 Å². The molecule has 2 aromatic carbocycles. The van der Waals surface area contributed by atoms with E-state index in [2.05, 4.69) is 64.0 Å². The first-order valence-electron chi connectivity index (χ1n) is 10.0. The number of anilines is 1. The second-order valence-corrected chi connectivity index (χ2v) is 9.48. The summed E-state index contributed by atoms with van der Waals surface area (Å²) in [5, 5.41) is 12.5. The van der Waals surface area contributed by atoms with Gasteiger partial charge < -0.3 is 10.1 Å². The Bertz CT molecular complexity index is 1090. The number of nitrogens with zero attached hydrogens (tertiary/aromatic N) is 3. The van der Waals surface area contributed by atoms with E-state index in [0.717, 1.165) is 10.2 Å². The van der Waals surface area contributed by atoms with Crippen LogP contribution in [0.1, 0.15) is 31.2 Å². The van der Waals surface area contributed by atoms with Crippen LogP contribution in [0.2, 0.25) is 5.02 Å². The molecule has 0 saturated heterocycles. The van der Waals surface area contributed by atoms with Crippen molar-refractivity contribution in [2.75, 3.05) is 11.1 Å². The van der Waals surface area contributed by atoms with Gasteiger partial charge in [0.1, 0.15) is 12.4 Å². The Kier molecular flexibility index (Phi) is 8.78. The normalized spacial score (nSPS) is 10.9. The molecular formula is C23H24BrClN4O2S. The average Bonchev–Trinajstić information content (AvgIpc) is 3.15. The summed E-state index contributed by atoms with van der Waals surface area (Å²) in [5.74, 6) is 1.92. The zero-order valence-corrected chi connectivity index (χ0v) is 21.0. The van der Waals surface area contributed by atoms with E-state index in [0.29, 0.717) is 34.2 Å². The van der Waals surface area contributed by atoms with Gasteiger partial charge in [-0.1, -0.05) is 55.4 Å². The lowest BCUT2D eigenvalue weighted by Gasteiger charge is -2.10. The van der Waals surface area contributed by atoms with Crippen molar-refractivity contribution in [2.45, 2.75) is 38.1 Å². The van der Waals surface area contributed by atoms with E-state index < -0.39 is 0 Å². The van der Waals surface area contributed by atoms with Crippen molar-refractivity contribution in [1.29, 1.82) is 0 Å². The third kappa shape index (κ3) is 6.60. The summed E-state index contributed by atoms with van der Waals surface area (Å²) in [6.45, 7) is 8.90. The highest BCUT2D eigenvalue weighted by Crippen LogP contribution is 2.26. The van der Waals surface area contributed by atoms with Gasteiger partial charge >= 0.3 is 0 Å². The van der Waals surface area contributed by atoms with E-state index >= 15 is 0 Å². The predicted octanol–water partition coefficient (Wildman–Crippen LogP) is 6.31. The van der Waals surface area contributed by atoms with Crippen LogP contribution >= 0.6 is 39.3 Å². The van der Waals surface area contributed by atoms with Crippen LogP contribution in [0.25, 0.3) is 0 Å². The van der Waals surface area contributed by atoms with Crippen molar-refractivity contribution in [1.82, 2.24) is 14.8 Å². The quantitative estimate of drug-likeness (QED) is 0.243. The van der Waals surface area contributed by atoms with Crippen molar-refractivity contribution in [3.63, 3.8) is 0 Å². The molecule has 0 aliphatic rings. The van der Waals surface area contributed by atoms with Gasteiger partial charge in [-0.05, 0) is 57.7 Å². The number of rotatable bonds is 10. The molecule has 0 fully saturated rings. The summed E-state index contributed by atoms with van der Waals surface area (Å²) < 4.78 is 8.56. The molecule has 3 rings (SSSR count). The molecule has 1 heterocycles. The summed E-state index contributed by atoms with van der Waals surface area (Å²) in [6.07, 6.45) is 1.76. The number of halogens is 2. The monoisotopic (exact) mass is 534 g/mol. The number of ether oxygens (including phenoxy) is 1. The fourth-order valence-electron chi connectivity index (χ4n) is 2.84. The average molecular weight is 536 g/mol. The predicted molar refractivity (Wildman–Crippen MR) is 134 cm³/mol. The highest BCUT2D eigenvalue weighted by molar-refractivity contribution is 9.10. The van der Waals surface area contributed by atoms with Gasteiger partial charge in [0.25, 0.3) is 0 Å². The molecule has 0 spiro atoms. The molecule has 6 nitrogen and oxygen atoms in total. The van der Waals surface area contributed by atoms with Crippen LogP contribution in [0.3, 0.4) is 0 Å². The summed E-state index contributed by atoms with van der Waals surface area (Å²) in [5.41, 5.74) is 1.89. The molecule has 168 valence electrons. The zero-order valence-electron chi connectivity index (χ0n) is 17.8. The number of thioether (sulfide) groups is 1. The minimum Gasteiger partial charge on any atom is -0.486 e. The first-order valence-corrected chi connectivity index (χ1v) is 12.2. The van der Waals surface area contributed by atoms with Gasteiger partial charge in [0.05, 0.1) is 10.8 Å². The molecule has 32 heavy (non-hydrogen) atoms. The first-order chi connectivity index (χ1) is 15.4. The number of hydrogen-bond donors (Lipinski definition) is 1. The molecule has 1 N–H and O–H groups in total. The highest BCUT2D eigenvalue weighted by Gasteiger charge is 2.14. The van der Waals surface area contributed by atoms with Gasteiger partial charge in [-0.25, -0.2) is 0 Å². The minimum absolute atomic E-state index is 0.162. The summed E-state index contributed by atoms with van der Waals surface area (Å²) >= 11 is 10.7. The third-order valence-electron chi connectivity index (χ3n) is 4.56. The number of nitrogens with one attached hydrogen (secondary N) is 1. The van der Waals surface area contributed by atoms with E-state index in [9.17, 15) is 4.79 Å². The van der Waals surface area contributed by atoms with Gasteiger partial charge in [0, 0.05) is 16.7 Å². The van der Waals surface area contributed by atoms with Crippen LogP contribution in [0, 0.1) is 0 Å². The van der Waals surface area contributed by atoms with Gasteiger partial charge in [-0.3, -0.25) is 9.36 Å². The molecule has 9 heteroatoms. The van der Waals surface area contributed by atoms with E-state index in [1.165, 1.54) is 17.3 Å². The van der Waals surface area contributed by atoms with Gasteiger partial charge in [0.15, 0.2) is 11.0 Å². The molecule has 0 aliphatic heterocycles. The molecule has 0 atom stereocenters. The third-order valence-corrected chi connectivity index (χ3v) is 6.75. The Morgan fingerprint density at radius 3 is 2.69 bits per heavy atom. The smallest absolute Gasteiger partial charge is 0.234 e. The first kappa shape index (κ1) is 24.4. The van der Waals surface area contributed by atoms with E-state index in [1.807, 2.05) is 16.7 Å². The van der Waals surface area contributed by atoms with Crippen molar-refractivity contribution >= 4 is 50.9 Å². The lowest BCUT2D eigenvalue weighted by atomic mass is 10.0. The van der Waals surface area contributed by atoms with Crippen LogP contribution in [-0.2, 0) is 17.9 Å². The summed E-state index contributed by atoms with van der Waals surface area (Å²) in [6, 6.07) is 13.3. The topological polar surface area (TPSA) is 69.0 Å². The number of allylic oxidation sites excluding steroid dienone is 1. The second-order valence-electron chi connectivity index (χ2n) is 7.28. The Balaban J connectivity index is 1.60. The molecule has 1 amide bonds. The van der Waals surface area contributed by atoms with Gasteiger partial charge in [-0.15, -0.1) is 16.8 Å². The summed E-state index contributed by atoms with van der Waals surface area (Å²) in [7, 11) is 0. The Labute approximate surface area is 205 Å². The number of benzene rings is 2. The molecule has 1 aromatic heterocycles. The maximum atomic E-state index is 12.4. The second kappa shape index (κ2) is 11.5. The summed E-state index contributed by atoms with van der Waals surface area (Å²) in [4.78, 5) is 12.4. The van der Waals surface area contributed by atoms with Crippen molar-refractivity contribution in [3.8, 4) is 5.75 Å². The van der Waals surface area contributed by atoms with Crippen LogP contribution in [0.4, 0.5) is 5.69 Å². The van der Waals surface area contributed by atoms with E-state index in [4.69, 9.17) is 16.3 Å². The molecule has 0 bridgehead atoms. The van der Waals surface area contributed by atoms with Crippen LogP contribution in [-0.4, -0.2) is 26.4 Å². The van der Waals surface area contributed by atoms with E-state index in [1.54, 1.807) is 24.3 Å². The minimum atomic E-state index is -0.162. The number of amides is 1. The maximum Gasteiger partial charge on any atom is 0.234 e. The Hall–Kier alpha value is -2.29. The molecule has 0 radical (unpaired) electrons. The lowest BCUT2D eigenvalue weighted by Crippen LogP contribution is -2.15. The molecule has 0 aliphatic carbocycles. The van der Waals surface area contributed by atoms with Gasteiger partial charge in [-0.2, -0.15) is 0 Å². The fourth-order valence-corrected chi connectivity index (χ4v) is 4.04. The van der Waals surface area contributed by atoms with Gasteiger partial charge in [0.2, 0.25) is 5.91 Å². The van der Waals surface area contributed by atoms with Crippen molar-refractivity contribution < 1.29 is 9.53 Å². The maximum absolute atomic E-state index is 12.4. The van der Waals surface area contributed by atoms with Crippen LogP contribution in [0.15, 0.2) is 64.7 Å². The number of carbonyl (C=O) groups is 1. The van der Waals surface area contributed by atoms with Crippen molar-refractivity contribution in [3.05, 3.63) is 76.0 Å². The molecule has 0 saturated carbocycles. The zero-order chi connectivity index (χ0) is 23.1. The van der Waals surface area contributed by atoms with Crippen LogP contribution in [0.5, 0.6) is 5.75 Å². The Morgan fingerprint density at radius 1 is 1.28 bits per heavy atom. The SMILES string of the molecule is C=CCn1c(COc2ccc(C(C)C)cc2)nnc1SCC(=O)Nc1ccc(Br)c(Cl)c1. The van der Waals surface area contributed by atoms with Crippen LogP contribution < -0.4 is 10.1 Å². The number of carbonyl (C=O) groups excluding carboxylic acids is 1. The Morgan fingerprint density at radius 2 is 2.03 bits per heavy atom. The number of hydrogen-bond acceptors (Lipinski definition) is 5. The standard InChI is InChI=1S/C23H24BrClN4O2S/c1-4-11-29-21(13-31-18-8-5-16(6-9-18)15(2)3)27-28-23(29)32-14-22(30)26-17-7-10-19(24)20(25)12-17/h4-10,12,15H,1,11,13-14H2,2-3H3,(H,26,30). The highest BCUT2D eigenvalue weighted by atomic mass is 79.9. The van der Waals surface area contributed by atoms with Crippen molar-refractivity contribution in [2.24, 2.45) is 0 Å². The number of aromatic nitrogens is 3. The largest absolute Gasteiger partial charge is 0.486 e. The molecule has 0 unspecified atom stereocenters. The fraction of sp³-hybridized carbons (Fsp3) is 0.261. The lowest BCUT2D eigenvalue weighted by molar-refractivity contribution is -0.113. The molecule has 3 aromatic rings.